The molecular formula is C22H34ClN7. The first kappa shape index (κ1) is 22.6. The second-order valence-electron chi connectivity index (χ2n) is 9.07. The molecule has 0 saturated carbocycles. The van der Waals surface area contributed by atoms with E-state index < -0.39 is 0 Å². The van der Waals surface area contributed by atoms with Gasteiger partial charge in [0.15, 0.2) is 0 Å². The van der Waals surface area contributed by atoms with Crippen LogP contribution in [-0.4, -0.2) is 60.1 Å². The number of hydrogen-bond donors (Lipinski definition) is 2. The van der Waals surface area contributed by atoms with Gasteiger partial charge in [0.2, 0.25) is 17.8 Å². The number of nitrogens with one attached hydrogen (secondary N) is 2. The minimum atomic E-state index is 0.0956. The molecule has 0 spiro atoms. The number of rotatable bonds is 9. The lowest BCUT2D eigenvalue weighted by atomic mass is 9.93. The van der Waals surface area contributed by atoms with E-state index in [4.69, 9.17) is 21.6 Å². The average molecular weight is 432 g/mol. The third kappa shape index (κ3) is 6.99. The van der Waals surface area contributed by atoms with Gasteiger partial charge in [-0.1, -0.05) is 37.6 Å². The summed E-state index contributed by atoms with van der Waals surface area (Å²) in [4.78, 5) is 18.5. The van der Waals surface area contributed by atoms with Crippen molar-refractivity contribution in [3.05, 3.63) is 34.9 Å². The molecule has 1 fully saturated rings. The Labute approximate surface area is 185 Å². The molecule has 0 unspecified atom stereocenters. The zero-order chi connectivity index (χ0) is 21.6. The maximum Gasteiger partial charge on any atom is 0.231 e. The van der Waals surface area contributed by atoms with Gasteiger partial charge in [-0.15, -0.1) is 0 Å². The van der Waals surface area contributed by atoms with Crippen LogP contribution in [0, 0.1) is 5.41 Å². The number of piperidine rings is 1. The van der Waals surface area contributed by atoms with Gasteiger partial charge in [-0.3, -0.25) is 0 Å². The van der Waals surface area contributed by atoms with Crippen molar-refractivity contribution in [3.8, 4) is 0 Å². The summed E-state index contributed by atoms with van der Waals surface area (Å²) in [5.41, 5.74) is 1.22. The number of hydrogen-bond acceptors (Lipinski definition) is 7. The van der Waals surface area contributed by atoms with Crippen LogP contribution in [0.15, 0.2) is 24.3 Å². The molecule has 30 heavy (non-hydrogen) atoms. The summed E-state index contributed by atoms with van der Waals surface area (Å²) in [6, 6.07) is 7.80. The third-order valence-electron chi connectivity index (χ3n) is 5.10. The monoisotopic (exact) mass is 431 g/mol. The van der Waals surface area contributed by atoms with Crippen LogP contribution in [0.5, 0.6) is 0 Å². The van der Waals surface area contributed by atoms with Crippen LogP contribution < -0.4 is 15.5 Å². The summed E-state index contributed by atoms with van der Waals surface area (Å²) in [5.74, 6) is 1.96. The fraction of sp³-hybridized carbons (Fsp3) is 0.591. The van der Waals surface area contributed by atoms with Crippen LogP contribution in [0.4, 0.5) is 17.8 Å². The first-order chi connectivity index (χ1) is 14.3. The van der Waals surface area contributed by atoms with Gasteiger partial charge < -0.3 is 20.4 Å². The van der Waals surface area contributed by atoms with E-state index in [1.807, 2.05) is 24.3 Å². The number of aromatic nitrogens is 3. The molecule has 0 atom stereocenters. The van der Waals surface area contributed by atoms with E-state index in [2.05, 4.69) is 53.4 Å². The van der Waals surface area contributed by atoms with Crippen molar-refractivity contribution in [2.75, 3.05) is 55.8 Å². The normalized spacial score (nSPS) is 14.8. The molecule has 164 valence electrons. The maximum absolute atomic E-state index is 5.99. The number of halogens is 1. The number of nitrogens with zero attached hydrogens (tertiary/aromatic N) is 5. The van der Waals surface area contributed by atoms with Crippen molar-refractivity contribution in [2.45, 2.75) is 39.7 Å². The molecule has 1 aromatic carbocycles. The highest BCUT2D eigenvalue weighted by atomic mass is 35.5. The fourth-order valence-corrected chi connectivity index (χ4v) is 3.90. The molecule has 2 heterocycles. The molecule has 1 aromatic heterocycles. The summed E-state index contributed by atoms with van der Waals surface area (Å²) >= 11 is 5.99. The molecule has 0 bridgehead atoms. The average Bonchev–Trinajstić information content (AvgIpc) is 2.72. The molecule has 1 aliphatic heterocycles. The van der Waals surface area contributed by atoms with E-state index in [1.165, 1.54) is 19.3 Å². The molecule has 1 saturated heterocycles. The van der Waals surface area contributed by atoms with Crippen molar-refractivity contribution in [2.24, 2.45) is 5.41 Å². The maximum atomic E-state index is 5.99. The van der Waals surface area contributed by atoms with Crippen LogP contribution in [-0.2, 0) is 6.54 Å². The Hall–Kier alpha value is -2.12. The van der Waals surface area contributed by atoms with Gasteiger partial charge in [-0.2, -0.15) is 15.0 Å². The summed E-state index contributed by atoms with van der Waals surface area (Å²) in [5, 5.41) is 7.53. The Balaban J connectivity index is 1.74. The van der Waals surface area contributed by atoms with Gasteiger partial charge in [-0.25, -0.2) is 0 Å². The summed E-state index contributed by atoms with van der Waals surface area (Å²) < 4.78 is 0. The Kier molecular flexibility index (Phi) is 7.72. The quantitative estimate of drug-likeness (QED) is 0.618. The van der Waals surface area contributed by atoms with E-state index in [-0.39, 0.29) is 5.41 Å². The third-order valence-corrected chi connectivity index (χ3v) is 5.35. The summed E-state index contributed by atoms with van der Waals surface area (Å²) in [6.45, 7) is 8.86. The van der Waals surface area contributed by atoms with Crippen molar-refractivity contribution in [1.29, 1.82) is 0 Å². The van der Waals surface area contributed by atoms with E-state index in [0.29, 0.717) is 18.4 Å². The Morgan fingerprint density at radius 3 is 2.23 bits per heavy atom. The SMILES string of the molecule is CN(C)CC(C)(C)CNc1nc(NCc2ccc(Cl)cc2)nc(N2CCCCC2)n1. The van der Waals surface area contributed by atoms with Crippen molar-refractivity contribution in [3.63, 3.8) is 0 Å². The molecular weight excluding hydrogens is 398 g/mol. The van der Waals surface area contributed by atoms with E-state index in [9.17, 15) is 0 Å². The van der Waals surface area contributed by atoms with Crippen molar-refractivity contribution < 1.29 is 0 Å². The lowest BCUT2D eigenvalue weighted by molar-refractivity contribution is 0.254. The van der Waals surface area contributed by atoms with Crippen molar-refractivity contribution in [1.82, 2.24) is 19.9 Å². The van der Waals surface area contributed by atoms with Gasteiger partial charge in [-0.05, 0) is 56.5 Å². The molecule has 8 heteroatoms. The first-order valence-corrected chi connectivity index (χ1v) is 11.1. The summed E-state index contributed by atoms with van der Waals surface area (Å²) in [6.07, 6.45) is 3.63. The van der Waals surface area contributed by atoms with Gasteiger partial charge in [0, 0.05) is 37.7 Å². The molecule has 2 aromatic rings. The van der Waals surface area contributed by atoms with Crippen LogP contribution in [0.1, 0.15) is 38.7 Å². The summed E-state index contributed by atoms with van der Waals surface area (Å²) in [7, 11) is 4.19. The molecule has 0 radical (unpaired) electrons. The first-order valence-electron chi connectivity index (χ1n) is 10.7. The molecule has 0 aliphatic carbocycles. The number of benzene rings is 1. The molecule has 7 nitrogen and oxygen atoms in total. The predicted octanol–water partition coefficient (Wildman–Crippen LogP) is 4.13. The standard InChI is InChI=1S/C22H34ClN7/c1-22(2,16-29(3)4)15-25-20-26-19(24-14-17-8-10-18(23)11-9-17)27-21(28-20)30-12-6-5-7-13-30/h8-11H,5-7,12-16H2,1-4H3,(H2,24,25,26,27,28). The lowest BCUT2D eigenvalue weighted by Crippen LogP contribution is -2.35. The van der Waals surface area contributed by atoms with Gasteiger partial charge in [0.05, 0.1) is 0 Å². The van der Waals surface area contributed by atoms with Crippen LogP contribution in [0.3, 0.4) is 0 Å². The molecule has 0 amide bonds. The number of anilines is 3. The van der Waals surface area contributed by atoms with Gasteiger partial charge >= 0.3 is 0 Å². The second kappa shape index (κ2) is 10.3. The largest absolute Gasteiger partial charge is 0.353 e. The zero-order valence-electron chi connectivity index (χ0n) is 18.6. The van der Waals surface area contributed by atoms with Crippen molar-refractivity contribution >= 4 is 29.4 Å². The van der Waals surface area contributed by atoms with E-state index in [0.717, 1.165) is 42.7 Å². The highest BCUT2D eigenvalue weighted by Gasteiger charge is 2.21. The predicted molar refractivity (Wildman–Crippen MR) is 125 cm³/mol. The van der Waals surface area contributed by atoms with Gasteiger partial charge in [0.25, 0.3) is 0 Å². The lowest BCUT2D eigenvalue weighted by Gasteiger charge is -2.29. The molecule has 1 aliphatic rings. The Morgan fingerprint density at radius 2 is 1.60 bits per heavy atom. The molecule has 2 N–H and O–H groups in total. The van der Waals surface area contributed by atoms with Crippen LogP contribution in [0.25, 0.3) is 0 Å². The van der Waals surface area contributed by atoms with E-state index in [1.54, 1.807) is 0 Å². The highest BCUT2D eigenvalue weighted by Crippen LogP contribution is 2.21. The Morgan fingerprint density at radius 1 is 0.967 bits per heavy atom. The topological polar surface area (TPSA) is 69.2 Å². The van der Waals surface area contributed by atoms with Crippen LogP contribution in [0.2, 0.25) is 5.02 Å². The zero-order valence-corrected chi connectivity index (χ0v) is 19.3. The Bertz CT molecular complexity index is 802. The molecule has 3 rings (SSSR count). The minimum Gasteiger partial charge on any atom is -0.353 e. The van der Waals surface area contributed by atoms with Gasteiger partial charge in [0.1, 0.15) is 0 Å². The smallest absolute Gasteiger partial charge is 0.231 e. The van der Waals surface area contributed by atoms with Crippen LogP contribution >= 0.6 is 11.6 Å². The highest BCUT2D eigenvalue weighted by molar-refractivity contribution is 6.30. The fourth-order valence-electron chi connectivity index (χ4n) is 3.77. The van der Waals surface area contributed by atoms with E-state index >= 15 is 0 Å². The second-order valence-corrected chi connectivity index (χ2v) is 9.50. The minimum absolute atomic E-state index is 0.0956.